The molecular formula is C9H19NO2. The minimum Gasteiger partial charge on any atom is -0.394 e. The summed E-state index contributed by atoms with van der Waals surface area (Å²) in [7, 11) is 0. The van der Waals surface area contributed by atoms with Gasteiger partial charge in [-0.05, 0) is 19.3 Å². The van der Waals surface area contributed by atoms with Crippen LogP contribution < -0.4 is 5.73 Å². The SMILES string of the molecule is CC(N)(CO)COCCC1CC1. The number of aliphatic hydroxyl groups is 1. The second-order valence-electron chi connectivity index (χ2n) is 4.10. The van der Waals surface area contributed by atoms with E-state index in [0.717, 1.165) is 18.9 Å². The summed E-state index contributed by atoms with van der Waals surface area (Å²) in [6, 6.07) is 0. The van der Waals surface area contributed by atoms with Gasteiger partial charge >= 0.3 is 0 Å². The molecule has 0 aromatic heterocycles. The summed E-state index contributed by atoms with van der Waals surface area (Å²) in [4.78, 5) is 0. The van der Waals surface area contributed by atoms with Crippen molar-refractivity contribution in [1.29, 1.82) is 0 Å². The van der Waals surface area contributed by atoms with Gasteiger partial charge in [-0.25, -0.2) is 0 Å². The maximum atomic E-state index is 8.81. The average Bonchev–Trinajstić information content (AvgIpc) is 2.82. The first-order valence-electron chi connectivity index (χ1n) is 4.61. The van der Waals surface area contributed by atoms with E-state index in [9.17, 15) is 0 Å². The lowest BCUT2D eigenvalue weighted by Gasteiger charge is -2.21. The maximum absolute atomic E-state index is 8.81. The molecule has 1 fully saturated rings. The monoisotopic (exact) mass is 173 g/mol. The van der Waals surface area contributed by atoms with Gasteiger partial charge in [0.1, 0.15) is 0 Å². The molecule has 0 heterocycles. The van der Waals surface area contributed by atoms with Crippen LogP contribution in [0.3, 0.4) is 0 Å². The molecule has 1 saturated carbocycles. The zero-order chi connectivity index (χ0) is 9.03. The fourth-order valence-corrected chi connectivity index (χ4v) is 1.01. The molecule has 3 heteroatoms. The van der Waals surface area contributed by atoms with Crippen molar-refractivity contribution >= 4 is 0 Å². The first kappa shape index (κ1) is 9.96. The number of hydrogen-bond donors (Lipinski definition) is 2. The van der Waals surface area contributed by atoms with Gasteiger partial charge in [-0.3, -0.25) is 0 Å². The molecular weight excluding hydrogens is 154 g/mol. The van der Waals surface area contributed by atoms with Gasteiger partial charge in [0.05, 0.1) is 18.8 Å². The lowest BCUT2D eigenvalue weighted by molar-refractivity contribution is 0.0600. The van der Waals surface area contributed by atoms with Crippen molar-refractivity contribution < 1.29 is 9.84 Å². The van der Waals surface area contributed by atoms with E-state index >= 15 is 0 Å². The number of rotatable bonds is 6. The molecule has 1 atom stereocenters. The molecule has 72 valence electrons. The highest BCUT2D eigenvalue weighted by Gasteiger charge is 2.21. The Kier molecular flexibility index (Phi) is 3.50. The standard InChI is InChI=1S/C9H19NO2/c1-9(10,6-11)7-12-5-4-8-2-3-8/h8,11H,2-7,10H2,1H3. The third-order valence-electron chi connectivity index (χ3n) is 2.16. The van der Waals surface area contributed by atoms with Crippen molar-refractivity contribution in [1.82, 2.24) is 0 Å². The molecule has 0 spiro atoms. The molecule has 3 nitrogen and oxygen atoms in total. The van der Waals surface area contributed by atoms with Crippen molar-refractivity contribution in [3.8, 4) is 0 Å². The predicted octanol–water partition coefficient (Wildman–Crippen LogP) is 0.513. The molecule has 0 amide bonds. The van der Waals surface area contributed by atoms with Crippen LogP contribution in [0.15, 0.2) is 0 Å². The molecule has 0 aromatic rings. The average molecular weight is 173 g/mol. The normalized spacial score (nSPS) is 22.2. The number of aliphatic hydroxyl groups excluding tert-OH is 1. The predicted molar refractivity (Wildman–Crippen MR) is 47.8 cm³/mol. The van der Waals surface area contributed by atoms with Crippen molar-refractivity contribution in [2.24, 2.45) is 11.7 Å². The fraction of sp³-hybridized carbons (Fsp3) is 1.00. The van der Waals surface area contributed by atoms with Gasteiger partial charge < -0.3 is 15.6 Å². The number of nitrogens with two attached hydrogens (primary N) is 1. The zero-order valence-corrected chi connectivity index (χ0v) is 7.75. The summed E-state index contributed by atoms with van der Waals surface area (Å²) >= 11 is 0. The summed E-state index contributed by atoms with van der Waals surface area (Å²) in [5, 5.41) is 8.81. The van der Waals surface area contributed by atoms with E-state index in [1.165, 1.54) is 12.8 Å². The molecule has 0 bridgehead atoms. The molecule has 0 aliphatic heterocycles. The van der Waals surface area contributed by atoms with Crippen LogP contribution in [0.25, 0.3) is 0 Å². The molecule has 1 unspecified atom stereocenters. The summed E-state index contributed by atoms with van der Waals surface area (Å²) in [6.45, 7) is 3.02. The number of ether oxygens (including phenoxy) is 1. The van der Waals surface area contributed by atoms with Crippen molar-refractivity contribution in [3.63, 3.8) is 0 Å². The highest BCUT2D eigenvalue weighted by Crippen LogP contribution is 2.32. The van der Waals surface area contributed by atoms with Gasteiger partial charge in [0.2, 0.25) is 0 Å². The van der Waals surface area contributed by atoms with Crippen LogP contribution in [-0.4, -0.2) is 30.5 Å². The molecule has 0 saturated heterocycles. The third-order valence-corrected chi connectivity index (χ3v) is 2.16. The largest absolute Gasteiger partial charge is 0.394 e. The minimum absolute atomic E-state index is 0.0174. The summed E-state index contributed by atoms with van der Waals surface area (Å²) < 4.78 is 5.36. The maximum Gasteiger partial charge on any atom is 0.0665 e. The molecule has 1 aliphatic carbocycles. The van der Waals surface area contributed by atoms with Gasteiger partial charge in [0.25, 0.3) is 0 Å². The number of hydrogen-bond acceptors (Lipinski definition) is 3. The van der Waals surface area contributed by atoms with Crippen LogP contribution in [0.5, 0.6) is 0 Å². The van der Waals surface area contributed by atoms with Gasteiger partial charge in [0.15, 0.2) is 0 Å². The lowest BCUT2D eigenvalue weighted by atomic mass is 10.1. The van der Waals surface area contributed by atoms with Crippen molar-refractivity contribution in [2.45, 2.75) is 31.7 Å². The third kappa shape index (κ3) is 4.04. The molecule has 12 heavy (non-hydrogen) atoms. The van der Waals surface area contributed by atoms with Crippen molar-refractivity contribution in [2.75, 3.05) is 19.8 Å². The first-order valence-corrected chi connectivity index (χ1v) is 4.61. The Morgan fingerprint density at radius 3 is 2.75 bits per heavy atom. The lowest BCUT2D eigenvalue weighted by Crippen LogP contribution is -2.44. The molecule has 1 rings (SSSR count). The Morgan fingerprint density at radius 2 is 2.25 bits per heavy atom. The fourth-order valence-electron chi connectivity index (χ4n) is 1.01. The minimum atomic E-state index is -0.566. The van der Waals surface area contributed by atoms with E-state index in [4.69, 9.17) is 15.6 Å². The van der Waals surface area contributed by atoms with Crippen LogP contribution >= 0.6 is 0 Å². The van der Waals surface area contributed by atoms with Crippen LogP contribution in [0.1, 0.15) is 26.2 Å². The Balaban J connectivity index is 1.92. The van der Waals surface area contributed by atoms with E-state index in [-0.39, 0.29) is 6.61 Å². The van der Waals surface area contributed by atoms with Crippen LogP contribution in [-0.2, 0) is 4.74 Å². The van der Waals surface area contributed by atoms with E-state index in [2.05, 4.69) is 0 Å². The van der Waals surface area contributed by atoms with E-state index in [1.54, 1.807) is 6.92 Å². The van der Waals surface area contributed by atoms with Crippen LogP contribution in [0.2, 0.25) is 0 Å². The van der Waals surface area contributed by atoms with E-state index in [0.29, 0.717) is 6.61 Å². The second kappa shape index (κ2) is 4.21. The summed E-state index contributed by atoms with van der Waals surface area (Å²) in [5.41, 5.74) is 5.11. The first-order chi connectivity index (χ1) is 5.64. The second-order valence-corrected chi connectivity index (χ2v) is 4.10. The highest BCUT2D eigenvalue weighted by molar-refractivity contribution is 4.77. The molecule has 0 radical (unpaired) electrons. The molecule has 3 N–H and O–H groups in total. The highest BCUT2D eigenvalue weighted by atomic mass is 16.5. The topological polar surface area (TPSA) is 55.5 Å². The van der Waals surface area contributed by atoms with Gasteiger partial charge in [-0.15, -0.1) is 0 Å². The van der Waals surface area contributed by atoms with Gasteiger partial charge in [-0.2, -0.15) is 0 Å². The quantitative estimate of drug-likeness (QED) is 0.575. The Hall–Kier alpha value is -0.120. The van der Waals surface area contributed by atoms with Crippen LogP contribution in [0, 0.1) is 5.92 Å². The molecule has 1 aliphatic rings. The van der Waals surface area contributed by atoms with Gasteiger partial charge in [-0.1, -0.05) is 12.8 Å². The smallest absolute Gasteiger partial charge is 0.0665 e. The van der Waals surface area contributed by atoms with Gasteiger partial charge in [0, 0.05) is 6.61 Å². The Morgan fingerprint density at radius 1 is 1.58 bits per heavy atom. The van der Waals surface area contributed by atoms with Crippen LogP contribution in [0.4, 0.5) is 0 Å². The Bertz CT molecular complexity index is 132. The summed E-state index contributed by atoms with van der Waals surface area (Å²) in [5.74, 6) is 0.906. The Labute approximate surface area is 73.9 Å². The van der Waals surface area contributed by atoms with Crippen molar-refractivity contribution in [3.05, 3.63) is 0 Å². The van der Waals surface area contributed by atoms with E-state index < -0.39 is 5.54 Å². The summed E-state index contributed by atoms with van der Waals surface area (Å²) in [6.07, 6.45) is 3.88. The molecule has 0 aromatic carbocycles. The van der Waals surface area contributed by atoms with E-state index in [1.807, 2.05) is 0 Å². The zero-order valence-electron chi connectivity index (χ0n) is 7.75.